The van der Waals surface area contributed by atoms with Crippen LogP contribution in [-0.2, 0) is 15.3 Å². The summed E-state index contributed by atoms with van der Waals surface area (Å²) in [5.74, 6) is -0.232. The molecule has 0 spiro atoms. The maximum atomic E-state index is 13.7. The van der Waals surface area contributed by atoms with Crippen molar-refractivity contribution in [1.82, 2.24) is 10.2 Å². The molecule has 1 saturated heterocycles. The molecule has 1 aromatic heterocycles. The number of halogens is 1. The van der Waals surface area contributed by atoms with Crippen molar-refractivity contribution >= 4 is 45.7 Å². The van der Waals surface area contributed by atoms with E-state index in [9.17, 15) is 19.1 Å². The third-order valence-electron chi connectivity index (χ3n) is 6.97. The number of ether oxygens (including phenoxy) is 3. The monoisotopic (exact) mass is 663 g/mol. The summed E-state index contributed by atoms with van der Waals surface area (Å²) < 4.78 is 31.3. The van der Waals surface area contributed by atoms with E-state index in [0.29, 0.717) is 58.3 Å². The Morgan fingerprint density at radius 2 is 1.63 bits per heavy atom. The average Bonchev–Trinajstić information content (AvgIpc) is 3.64. The number of aliphatic hydroxyl groups is 1. The molecule has 1 aliphatic heterocycles. The lowest BCUT2D eigenvalue weighted by atomic mass is 9.95. The van der Waals surface area contributed by atoms with Gasteiger partial charge in [-0.05, 0) is 79.4 Å². The summed E-state index contributed by atoms with van der Waals surface area (Å²) in [6, 6.07) is 17.0. The number of Topliss-reactive ketones (excluding diaryl/α,β-unsaturated/α-hetero) is 1. The highest BCUT2D eigenvalue weighted by Crippen LogP contribution is 2.45. The molecule has 0 radical (unpaired) electrons. The van der Waals surface area contributed by atoms with Crippen molar-refractivity contribution in [3.8, 4) is 17.2 Å². The molecule has 1 unspecified atom stereocenters. The molecule has 9 nitrogen and oxygen atoms in total. The van der Waals surface area contributed by atoms with Gasteiger partial charge in [0, 0.05) is 11.3 Å². The molecule has 4 aromatic rings. The highest BCUT2D eigenvalue weighted by molar-refractivity contribution is 8.00. The van der Waals surface area contributed by atoms with E-state index < -0.39 is 17.7 Å². The van der Waals surface area contributed by atoms with Gasteiger partial charge in [0.2, 0.25) is 5.13 Å². The first-order valence-electron chi connectivity index (χ1n) is 15.0. The summed E-state index contributed by atoms with van der Waals surface area (Å²) in [5, 5.41) is 20.3. The normalized spacial score (nSPS) is 15.7. The predicted molar refractivity (Wildman–Crippen MR) is 176 cm³/mol. The van der Waals surface area contributed by atoms with Gasteiger partial charge in [-0.1, -0.05) is 55.1 Å². The third-order valence-corrected chi connectivity index (χ3v) is 9.09. The first-order chi connectivity index (χ1) is 22.3. The highest BCUT2D eigenvalue weighted by Gasteiger charge is 2.48. The molecule has 1 fully saturated rings. The van der Waals surface area contributed by atoms with Gasteiger partial charge < -0.3 is 19.3 Å². The van der Waals surface area contributed by atoms with Crippen LogP contribution in [-0.4, -0.2) is 46.8 Å². The maximum absolute atomic E-state index is 13.7. The number of aromatic nitrogens is 2. The number of carbonyl (C=O) groups excluding carboxylic acids is 2. The molecule has 5 rings (SSSR count). The van der Waals surface area contributed by atoms with Crippen LogP contribution in [0.1, 0.15) is 56.3 Å². The van der Waals surface area contributed by atoms with Crippen LogP contribution in [0.25, 0.3) is 5.76 Å². The van der Waals surface area contributed by atoms with Crippen molar-refractivity contribution in [2.45, 2.75) is 49.7 Å². The lowest BCUT2D eigenvalue weighted by Gasteiger charge is -2.23. The number of hydrogen-bond donors (Lipinski definition) is 1. The highest BCUT2D eigenvalue weighted by atomic mass is 32.2. The Bertz CT molecular complexity index is 1710. The van der Waals surface area contributed by atoms with E-state index in [4.69, 9.17) is 14.2 Å². The molecular formula is C34H34FN3O6S2. The number of rotatable bonds is 14. The number of thioether (sulfide) groups is 1. The molecule has 1 aliphatic rings. The van der Waals surface area contributed by atoms with Crippen molar-refractivity contribution < 1.29 is 33.3 Å². The van der Waals surface area contributed by atoms with Gasteiger partial charge in [-0.2, -0.15) is 0 Å². The van der Waals surface area contributed by atoms with E-state index in [1.165, 1.54) is 28.8 Å². The van der Waals surface area contributed by atoms with Crippen LogP contribution in [0.5, 0.6) is 17.2 Å². The van der Waals surface area contributed by atoms with Gasteiger partial charge in [0.1, 0.15) is 17.3 Å². The van der Waals surface area contributed by atoms with Gasteiger partial charge >= 0.3 is 5.91 Å². The van der Waals surface area contributed by atoms with Crippen molar-refractivity contribution in [3.05, 3.63) is 94.8 Å². The molecule has 1 atom stereocenters. The molecular weight excluding hydrogens is 630 g/mol. The van der Waals surface area contributed by atoms with Gasteiger partial charge in [-0.15, -0.1) is 10.2 Å². The fourth-order valence-corrected chi connectivity index (χ4v) is 6.63. The lowest BCUT2D eigenvalue weighted by molar-refractivity contribution is -0.132. The summed E-state index contributed by atoms with van der Waals surface area (Å²) in [7, 11) is 0. The van der Waals surface area contributed by atoms with Crippen molar-refractivity contribution in [1.29, 1.82) is 0 Å². The minimum atomic E-state index is -1.03. The fraction of sp³-hybridized carbons (Fsp3) is 0.294. The van der Waals surface area contributed by atoms with E-state index in [1.54, 1.807) is 54.6 Å². The molecule has 240 valence electrons. The quantitative estimate of drug-likeness (QED) is 0.0480. The van der Waals surface area contributed by atoms with Gasteiger partial charge in [-0.25, -0.2) is 4.39 Å². The summed E-state index contributed by atoms with van der Waals surface area (Å²) in [5.41, 5.74) is 1.68. The van der Waals surface area contributed by atoms with Crippen LogP contribution in [0.4, 0.5) is 9.52 Å². The zero-order valence-corrected chi connectivity index (χ0v) is 27.3. The number of aliphatic hydroxyl groups excluding tert-OH is 1. The Kier molecular flexibility index (Phi) is 10.9. The standard InChI is InChI=1S/C34H34FN3O6S2/c1-4-17-43-25-14-9-22(10-15-25)30(39)28-29(23-11-16-26(44-18-5-2)27(19-23)42-6-3)38(32(41)31(28)40)33-36-37-34(46-33)45-20-21-7-12-24(35)13-8-21/h7-16,19,29,39H,4-6,17-18,20H2,1-3H3/b30-28+. The third kappa shape index (κ3) is 7.34. The van der Waals surface area contributed by atoms with E-state index in [2.05, 4.69) is 10.2 Å². The molecule has 3 aromatic carbocycles. The zero-order chi connectivity index (χ0) is 32.6. The van der Waals surface area contributed by atoms with Crippen LogP contribution in [0.15, 0.2) is 76.6 Å². The second-order valence-corrected chi connectivity index (χ2v) is 12.5. The van der Waals surface area contributed by atoms with Gasteiger partial charge in [0.15, 0.2) is 15.8 Å². The number of ketones is 1. The summed E-state index contributed by atoms with van der Waals surface area (Å²) in [4.78, 5) is 28.7. The van der Waals surface area contributed by atoms with E-state index in [-0.39, 0.29) is 22.3 Å². The van der Waals surface area contributed by atoms with Crippen molar-refractivity contribution in [3.63, 3.8) is 0 Å². The number of benzene rings is 3. The van der Waals surface area contributed by atoms with Crippen LogP contribution in [0, 0.1) is 5.82 Å². The lowest BCUT2D eigenvalue weighted by Crippen LogP contribution is -2.29. The smallest absolute Gasteiger partial charge is 0.301 e. The van der Waals surface area contributed by atoms with Crippen molar-refractivity contribution in [2.24, 2.45) is 0 Å². The number of hydrogen-bond acceptors (Lipinski definition) is 10. The van der Waals surface area contributed by atoms with Crippen LogP contribution < -0.4 is 19.1 Å². The number of amides is 1. The van der Waals surface area contributed by atoms with Crippen LogP contribution in [0.2, 0.25) is 0 Å². The maximum Gasteiger partial charge on any atom is 0.301 e. The van der Waals surface area contributed by atoms with Gasteiger partial charge in [0.05, 0.1) is 31.4 Å². The first-order valence-corrected chi connectivity index (χ1v) is 16.8. The minimum absolute atomic E-state index is 0.0902. The number of carbonyl (C=O) groups is 2. The second kappa shape index (κ2) is 15.2. The second-order valence-electron chi connectivity index (χ2n) is 10.3. The number of anilines is 1. The molecule has 0 aliphatic carbocycles. The predicted octanol–water partition coefficient (Wildman–Crippen LogP) is 7.57. The van der Waals surface area contributed by atoms with E-state index in [1.807, 2.05) is 20.8 Å². The summed E-state index contributed by atoms with van der Waals surface area (Å²) >= 11 is 2.52. The average molecular weight is 664 g/mol. The Morgan fingerprint density at radius 1 is 0.913 bits per heavy atom. The SMILES string of the molecule is CCCOc1ccc(/C(O)=C2\C(=O)C(=O)N(c3nnc(SCc4ccc(F)cc4)s3)C2c2ccc(OCCC)c(OCC)c2)cc1. The zero-order valence-electron chi connectivity index (χ0n) is 25.7. The fourth-order valence-electron chi connectivity index (χ4n) is 4.81. The Morgan fingerprint density at radius 3 is 2.33 bits per heavy atom. The largest absolute Gasteiger partial charge is 0.507 e. The Labute approximate surface area is 275 Å². The van der Waals surface area contributed by atoms with Gasteiger partial charge in [-0.3, -0.25) is 14.5 Å². The molecule has 0 saturated carbocycles. The summed E-state index contributed by atoms with van der Waals surface area (Å²) in [6.07, 6.45) is 1.64. The van der Waals surface area contributed by atoms with Gasteiger partial charge in [0.25, 0.3) is 5.78 Å². The van der Waals surface area contributed by atoms with Crippen LogP contribution in [0.3, 0.4) is 0 Å². The topological polar surface area (TPSA) is 111 Å². The molecule has 0 bridgehead atoms. The summed E-state index contributed by atoms with van der Waals surface area (Å²) in [6.45, 7) is 7.25. The Balaban J connectivity index is 1.55. The van der Waals surface area contributed by atoms with Crippen LogP contribution >= 0.6 is 23.1 Å². The molecule has 12 heteroatoms. The van der Waals surface area contributed by atoms with E-state index in [0.717, 1.165) is 29.7 Å². The molecule has 1 amide bonds. The number of nitrogens with zero attached hydrogens (tertiary/aromatic N) is 3. The molecule has 1 N–H and O–H groups in total. The molecule has 2 heterocycles. The Hall–Kier alpha value is -4.42. The minimum Gasteiger partial charge on any atom is -0.507 e. The van der Waals surface area contributed by atoms with Crippen molar-refractivity contribution in [2.75, 3.05) is 24.7 Å². The molecule has 46 heavy (non-hydrogen) atoms. The van der Waals surface area contributed by atoms with E-state index >= 15 is 0 Å². The first kappa shape index (κ1) is 33.0.